The van der Waals surface area contributed by atoms with Gasteiger partial charge in [0.2, 0.25) is 5.91 Å². The van der Waals surface area contributed by atoms with E-state index < -0.39 is 0 Å². The van der Waals surface area contributed by atoms with Crippen LogP contribution in [0.15, 0.2) is 23.2 Å². The third-order valence-corrected chi connectivity index (χ3v) is 4.93. The van der Waals surface area contributed by atoms with Crippen LogP contribution in [0.1, 0.15) is 22.3 Å². The largest absolute Gasteiger partial charge is 0.383 e. The van der Waals surface area contributed by atoms with Gasteiger partial charge in [0, 0.05) is 10.7 Å². The molecule has 0 bridgehead atoms. The zero-order valence-electron chi connectivity index (χ0n) is 13.6. The lowest BCUT2D eigenvalue weighted by Gasteiger charge is -2.11. The lowest BCUT2D eigenvalue weighted by atomic mass is 10.1. The van der Waals surface area contributed by atoms with Crippen LogP contribution in [0, 0.1) is 36.5 Å². The van der Waals surface area contributed by atoms with Crippen molar-refractivity contribution in [2.45, 2.75) is 18.9 Å². The van der Waals surface area contributed by atoms with E-state index in [-0.39, 0.29) is 28.6 Å². The summed E-state index contributed by atoms with van der Waals surface area (Å²) in [5, 5.41) is 22.1. The molecule has 3 N–H and O–H groups in total. The second-order valence-corrected chi connectivity index (χ2v) is 6.52. The van der Waals surface area contributed by atoms with E-state index in [0.717, 1.165) is 17.3 Å². The van der Waals surface area contributed by atoms with Crippen LogP contribution >= 0.6 is 23.4 Å². The molecule has 1 aromatic heterocycles. The van der Waals surface area contributed by atoms with Gasteiger partial charge in [-0.1, -0.05) is 29.4 Å². The molecule has 0 spiro atoms. The van der Waals surface area contributed by atoms with Crippen molar-refractivity contribution in [1.29, 1.82) is 10.5 Å². The van der Waals surface area contributed by atoms with E-state index >= 15 is 0 Å². The average molecular weight is 372 g/mol. The maximum absolute atomic E-state index is 12.2. The molecular formula is C17H14ClN5OS. The fourth-order valence-electron chi connectivity index (χ4n) is 2.14. The number of hydrogen-bond acceptors (Lipinski definition) is 6. The molecule has 0 saturated carbocycles. The van der Waals surface area contributed by atoms with Crippen LogP contribution in [0.4, 0.5) is 11.5 Å². The van der Waals surface area contributed by atoms with Crippen LogP contribution in [-0.2, 0) is 4.79 Å². The Kier molecular flexibility index (Phi) is 5.87. The fourth-order valence-corrected chi connectivity index (χ4v) is 3.16. The second-order valence-electron chi connectivity index (χ2n) is 5.15. The Balaban J connectivity index is 2.16. The van der Waals surface area contributed by atoms with E-state index in [0.29, 0.717) is 21.3 Å². The van der Waals surface area contributed by atoms with Gasteiger partial charge >= 0.3 is 0 Å². The standard InChI is InChI=1S/C17H14ClN5OS/c1-9-11(6-19)16(21)23-17(12(9)7-20)25-8-15(24)22-14-5-3-4-13(18)10(14)2/h3-5H,8H2,1-2H3,(H2,21,23)(H,22,24). The Morgan fingerprint density at radius 2 is 1.96 bits per heavy atom. The number of nitriles is 2. The summed E-state index contributed by atoms with van der Waals surface area (Å²) in [6.07, 6.45) is 0. The van der Waals surface area contributed by atoms with Gasteiger partial charge in [-0.15, -0.1) is 0 Å². The summed E-state index contributed by atoms with van der Waals surface area (Å²) in [5.74, 6) is -0.174. The van der Waals surface area contributed by atoms with Gasteiger partial charge in [0.15, 0.2) is 0 Å². The topological polar surface area (TPSA) is 116 Å². The second kappa shape index (κ2) is 7.89. The molecule has 0 fully saturated rings. The number of anilines is 2. The molecule has 0 unspecified atom stereocenters. The van der Waals surface area contributed by atoms with Crippen LogP contribution in [0.25, 0.3) is 0 Å². The number of amides is 1. The molecule has 0 saturated heterocycles. The number of aromatic nitrogens is 1. The first kappa shape index (κ1) is 18.6. The van der Waals surface area contributed by atoms with E-state index in [4.69, 9.17) is 22.6 Å². The number of carbonyl (C=O) groups excluding carboxylic acids is 1. The van der Waals surface area contributed by atoms with Gasteiger partial charge in [-0.05, 0) is 37.1 Å². The van der Waals surface area contributed by atoms with Crippen LogP contribution < -0.4 is 11.1 Å². The smallest absolute Gasteiger partial charge is 0.234 e. The first-order valence-electron chi connectivity index (χ1n) is 7.17. The van der Waals surface area contributed by atoms with Crippen molar-refractivity contribution >= 4 is 40.8 Å². The Morgan fingerprint density at radius 3 is 2.60 bits per heavy atom. The number of benzene rings is 1. The highest BCUT2D eigenvalue weighted by Gasteiger charge is 2.17. The lowest BCUT2D eigenvalue weighted by molar-refractivity contribution is -0.113. The number of nitrogens with zero attached hydrogens (tertiary/aromatic N) is 3. The summed E-state index contributed by atoms with van der Waals surface area (Å²) in [6.45, 7) is 3.44. The van der Waals surface area contributed by atoms with Gasteiger partial charge in [0.05, 0.1) is 16.9 Å². The predicted octanol–water partition coefficient (Wildman–Crippen LogP) is 3.41. The van der Waals surface area contributed by atoms with Gasteiger partial charge in [-0.3, -0.25) is 4.79 Å². The molecule has 1 aromatic carbocycles. The molecule has 2 aromatic rings. The summed E-state index contributed by atoms with van der Waals surface area (Å²) < 4.78 is 0. The Hall–Kier alpha value is -2.74. The Bertz CT molecular complexity index is 930. The van der Waals surface area contributed by atoms with Gasteiger partial charge < -0.3 is 11.1 Å². The van der Waals surface area contributed by atoms with E-state index in [1.54, 1.807) is 25.1 Å². The molecule has 0 aliphatic heterocycles. The van der Waals surface area contributed by atoms with Gasteiger partial charge in [-0.25, -0.2) is 4.98 Å². The Morgan fingerprint density at radius 1 is 1.28 bits per heavy atom. The van der Waals surface area contributed by atoms with Crippen LogP contribution in [0.5, 0.6) is 0 Å². The van der Waals surface area contributed by atoms with Gasteiger partial charge in [-0.2, -0.15) is 10.5 Å². The molecule has 8 heteroatoms. The summed E-state index contributed by atoms with van der Waals surface area (Å²) in [7, 11) is 0. The Labute approximate surface area is 154 Å². The van der Waals surface area contributed by atoms with Gasteiger partial charge in [0.25, 0.3) is 0 Å². The minimum Gasteiger partial charge on any atom is -0.383 e. The highest BCUT2D eigenvalue weighted by atomic mass is 35.5. The normalized spacial score (nSPS) is 9.96. The van der Waals surface area contributed by atoms with Crippen LogP contribution in [-0.4, -0.2) is 16.6 Å². The zero-order valence-corrected chi connectivity index (χ0v) is 15.1. The van der Waals surface area contributed by atoms with Crippen molar-refractivity contribution in [2.24, 2.45) is 0 Å². The number of nitrogens with two attached hydrogens (primary N) is 1. The molecule has 1 amide bonds. The third-order valence-electron chi connectivity index (χ3n) is 3.55. The van der Waals surface area contributed by atoms with E-state index in [9.17, 15) is 10.1 Å². The van der Waals surface area contributed by atoms with E-state index in [2.05, 4.69) is 10.3 Å². The highest BCUT2D eigenvalue weighted by Crippen LogP contribution is 2.28. The minimum absolute atomic E-state index is 0.0401. The quantitative estimate of drug-likeness (QED) is 0.795. The number of carbonyl (C=O) groups is 1. The maximum atomic E-state index is 12.2. The molecule has 0 atom stereocenters. The zero-order chi connectivity index (χ0) is 18.6. The first-order chi connectivity index (χ1) is 11.9. The molecule has 126 valence electrons. The third kappa shape index (κ3) is 4.03. The number of nitrogen functional groups attached to an aromatic ring is 1. The van der Waals surface area contributed by atoms with Crippen molar-refractivity contribution in [2.75, 3.05) is 16.8 Å². The monoisotopic (exact) mass is 371 g/mol. The number of thioether (sulfide) groups is 1. The van der Waals surface area contributed by atoms with E-state index in [1.807, 2.05) is 19.1 Å². The SMILES string of the molecule is Cc1c(Cl)cccc1NC(=O)CSc1nc(N)c(C#N)c(C)c1C#N. The average Bonchev–Trinajstić information content (AvgIpc) is 2.57. The molecule has 25 heavy (non-hydrogen) atoms. The van der Waals surface area contributed by atoms with Crippen molar-refractivity contribution < 1.29 is 4.79 Å². The lowest BCUT2D eigenvalue weighted by Crippen LogP contribution is -2.15. The summed E-state index contributed by atoms with van der Waals surface area (Å²) in [5.41, 5.74) is 8.05. The fraction of sp³-hybridized carbons (Fsp3) is 0.176. The number of rotatable bonds is 4. The summed E-state index contributed by atoms with van der Waals surface area (Å²) in [4.78, 5) is 16.3. The number of hydrogen-bond donors (Lipinski definition) is 2. The van der Waals surface area contributed by atoms with Crippen LogP contribution in [0.3, 0.4) is 0 Å². The number of pyridine rings is 1. The molecule has 0 aliphatic rings. The van der Waals surface area contributed by atoms with Crippen molar-refractivity contribution in [3.8, 4) is 12.1 Å². The number of halogens is 1. The van der Waals surface area contributed by atoms with Gasteiger partial charge in [0.1, 0.15) is 23.0 Å². The summed E-state index contributed by atoms with van der Waals surface area (Å²) >= 11 is 7.12. The highest BCUT2D eigenvalue weighted by molar-refractivity contribution is 8.00. The van der Waals surface area contributed by atoms with Crippen molar-refractivity contribution in [3.63, 3.8) is 0 Å². The van der Waals surface area contributed by atoms with Crippen LogP contribution in [0.2, 0.25) is 5.02 Å². The molecule has 6 nitrogen and oxygen atoms in total. The molecule has 0 radical (unpaired) electrons. The van der Waals surface area contributed by atoms with E-state index in [1.165, 1.54) is 0 Å². The molecule has 2 rings (SSSR count). The first-order valence-corrected chi connectivity index (χ1v) is 8.53. The molecule has 0 aliphatic carbocycles. The number of nitrogens with one attached hydrogen (secondary N) is 1. The van der Waals surface area contributed by atoms with Crippen molar-refractivity contribution in [3.05, 3.63) is 45.5 Å². The predicted molar refractivity (Wildman–Crippen MR) is 98.4 cm³/mol. The minimum atomic E-state index is -0.262. The van der Waals surface area contributed by atoms with Crippen molar-refractivity contribution in [1.82, 2.24) is 4.98 Å². The maximum Gasteiger partial charge on any atom is 0.234 e. The molecule has 1 heterocycles. The summed E-state index contributed by atoms with van der Waals surface area (Å²) in [6, 6.07) is 9.20. The molecular weight excluding hydrogens is 358 g/mol.